The fourth-order valence-electron chi connectivity index (χ4n) is 1.65. The maximum absolute atomic E-state index is 4.00. The Morgan fingerprint density at radius 3 is 3.08 bits per heavy atom. The van der Waals surface area contributed by atoms with E-state index in [0.717, 1.165) is 18.9 Å². The molecule has 1 fully saturated rings. The van der Waals surface area contributed by atoms with E-state index in [4.69, 9.17) is 0 Å². The van der Waals surface area contributed by atoms with E-state index in [-0.39, 0.29) is 0 Å². The van der Waals surface area contributed by atoms with E-state index in [1.807, 2.05) is 7.05 Å². The molecule has 12 heavy (non-hydrogen) atoms. The highest BCUT2D eigenvalue weighted by molar-refractivity contribution is 4.95. The highest BCUT2D eigenvalue weighted by Gasteiger charge is 2.19. The fourth-order valence-corrected chi connectivity index (χ4v) is 1.65. The number of nitrogens with one attached hydrogen (secondary N) is 1. The van der Waals surface area contributed by atoms with Crippen LogP contribution in [0, 0.1) is 0 Å². The standard InChI is InChI=1S/C7H13N5/c1-12-7(9-10-11-12)6-3-2-4-8-5-6/h6,8H,2-5H2,1H3. The number of nitrogens with zero attached hydrogens (tertiary/aromatic N) is 4. The maximum atomic E-state index is 4.00. The van der Waals surface area contributed by atoms with E-state index in [0.29, 0.717) is 5.92 Å². The predicted molar refractivity (Wildman–Crippen MR) is 43.6 cm³/mol. The van der Waals surface area contributed by atoms with Gasteiger partial charge in [0.1, 0.15) is 0 Å². The SMILES string of the molecule is Cn1nnnc1C1CCCNC1. The molecule has 1 aliphatic rings. The highest BCUT2D eigenvalue weighted by atomic mass is 15.5. The summed E-state index contributed by atoms with van der Waals surface area (Å²) in [7, 11) is 1.89. The zero-order valence-electron chi connectivity index (χ0n) is 7.19. The van der Waals surface area contributed by atoms with E-state index in [2.05, 4.69) is 20.8 Å². The largest absolute Gasteiger partial charge is 0.316 e. The second-order valence-electron chi connectivity index (χ2n) is 3.20. The first-order valence-corrected chi connectivity index (χ1v) is 4.31. The van der Waals surface area contributed by atoms with Crippen LogP contribution in [0.1, 0.15) is 24.6 Å². The number of aryl methyl sites for hydroxylation is 1. The van der Waals surface area contributed by atoms with Gasteiger partial charge >= 0.3 is 0 Å². The van der Waals surface area contributed by atoms with Crippen LogP contribution in [0.4, 0.5) is 0 Å². The molecule has 1 aliphatic heterocycles. The summed E-state index contributed by atoms with van der Waals surface area (Å²) in [6, 6.07) is 0. The lowest BCUT2D eigenvalue weighted by molar-refractivity contribution is 0.434. The van der Waals surface area contributed by atoms with Gasteiger partial charge in [0.25, 0.3) is 0 Å². The number of hydrogen-bond acceptors (Lipinski definition) is 4. The zero-order valence-corrected chi connectivity index (χ0v) is 7.19. The quantitative estimate of drug-likeness (QED) is 0.622. The molecule has 0 spiro atoms. The van der Waals surface area contributed by atoms with Crippen LogP contribution in [0.3, 0.4) is 0 Å². The van der Waals surface area contributed by atoms with Crippen molar-refractivity contribution in [2.45, 2.75) is 18.8 Å². The minimum atomic E-state index is 0.499. The van der Waals surface area contributed by atoms with Gasteiger partial charge in [0.2, 0.25) is 0 Å². The maximum Gasteiger partial charge on any atom is 0.155 e. The lowest BCUT2D eigenvalue weighted by atomic mass is 9.99. The van der Waals surface area contributed by atoms with Crippen LogP contribution in [-0.2, 0) is 7.05 Å². The van der Waals surface area contributed by atoms with Gasteiger partial charge in [0.15, 0.2) is 5.82 Å². The first kappa shape index (κ1) is 7.67. The molecule has 1 aromatic rings. The van der Waals surface area contributed by atoms with Crippen molar-refractivity contribution < 1.29 is 0 Å². The van der Waals surface area contributed by atoms with Crippen molar-refractivity contribution in [1.82, 2.24) is 25.5 Å². The van der Waals surface area contributed by atoms with Gasteiger partial charge in [-0.3, -0.25) is 0 Å². The Kier molecular flexibility index (Phi) is 2.03. The predicted octanol–water partition coefficient (Wildman–Crippen LogP) is -0.323. The van der Waals surface area contributed by atoms with E-state index >= 15 is 0 Å². The number of tetrazole rings is 1. The van der Waals surface area contributed by atoms with Crippen LogP contribution in [0.25, 0.3) is 0 Å². The van der Waals surface area contributed by atoms with Crippen LogP contribution >= 0.6 is 0 Å². The molecule has 1 aromatic heterocycles. The van der Waals surface area contributed by atoms with E-state index in [9.17, 15) is 0 Å². The van der Waals surface area contributed by atoms with Crippen molar-refractivity contribution in [3.8, 4) is 0 Å². The Balaban J connectivity index is 2.13. The van der Waals surface area contributed by atoms with Gasteiger partial charge in [-0.1, -0.05) is 0 Å². The van der Waals surface area contributed by atoms with Gasteiger partial charge in [-0.15, -0.1) is 5.10 Å². The fraction of sp³-hybridized carbons (Fsp3) is 0.857. The molecule has 1 unspecified atom stereocenters. The molecular formula is C7H13N5. The van der Waals surface area contributed by atoms with E-state index < -0.39 is 0 Å². The summed E-state index contributed by atoms with van der Waals surface area (Å²) in [5, 5.41) is 14.8. The van der Waals surface area contributed by atoms with E-state index in [1.165, 1.54) is 12.8 Å². The zero-order chi connectivity index (χ0) is 8.39. The molecule has 0 amide bonds. The number of rotatable bonds is 1. The Labute approximate surface area is 71.1 Å². The molecule has 5 nitrogen and oxygen atoms in total. The van der Waals surface area contributed by atoms with Crippen molar-refractivity contribution in [3.05, 3.63) is 5.82 Å². The molecule has 1 atom stereocenters. The lowest BCUT2D eigenvalue weighted by Gasteiger charge is -2.20. The normalized spacial score (nSPS) is 24.2. The van der Waals surface area contributed by atoms with Crippen molar-refractivity contribution in [3.63, 3.8) is 0 Å². The Morgan fingerprint density at radius 1 is 1.58 bits per heavy atom. The average Bonchev–Trinajstić information content (AvgIpc) is 2.53. The third-order valence-electron chi connectivity index (χ3n) is 2.31. The lowest BCUT2D eigenvalue weighted by Crippen LogP contribution is -2.29. The van der Waals surface area contributed by atoms with Crippen molar-refractivity contribution in [1.29, 1.82) is 0 Å². The first-order chi connectivity index (χ1) is 5.88. The molecule has 1 saturated heterocycles. The third kappa shape index (κ3) is 1.32. The molecule has 0 aliphatic carbocycles. The molecule has 2 rings (SSSR count). The number of aromatic nitrogens is 4. The summed E-state index contributed by atoms with van der Waals surface area (Å²) in [6.07, 6.45) is 2.42. The van der Waals surface area contributed by atoms with Crippen molar-refractivity contribution in [2.75, 3.05) is 13.1 Å². The van der Waals surface area contributed by atoms with Crippen LogP contribution < -0.4 is 5.32 Å². The van der Waals surface area contributed by atoms with Gasteiger partial charge < -0.3 is 5.32 Å². The Bertz CT molecular complexity index is 250. The number of hydrogen-bond donors (Lipinski definition) is 1. The Hall–Kier alpha value is -0.970. The molecule has 66 valence electrons. The second kappa shape index (κ2) is 3.18. The van der Waals surface area contributed by atoms with E-state index in [1.54, 1.807) is 4.68 Å². The summed E-state index contributed by atoms with van der Waals surface area (Å²) in [5.74, 6) is 1.50. The minimum absolute atomic E-state index is 0.499. The van der Waals surface area contributed by atoms with Crippen LogP contribution in [0.2, 0.25) is 0 Å². The Morgan fingerprint density at radius 2 is 2.50 bits per heavy atom. The van der Waals surface area contributed by atoms with Crippen molar-refractivity contribution >= 4 is 0 Å². The van der Waals surface area contributed by atoms with Gasteiger partial charge in [-0.05, 0) is 29.8 Å². The summed E-state index contributed by atoms with van der Waals surface area (Å²) < 4.78 is 1.76. The summed E-state index contributed by atoms with van der Waals surface area (Å²) in [5.41, 5.74) is 0. The van der Waals surface area contributed by atoms with Crippen LogP contribution in [0.5, 0.6) is 0 Å². The minimum Gasteiger partial charge on any atom is -0.316 e. The molecule has 0 bridgehead atoms. The second-order valence-corrected chi connectivity index (χ2v) is 3.20. The molecule has 0 radical (unpaired) electrons. The molecule has 5 heteroatoms. The van der Waals surface area contributed by atoms with Gasteiger partial charge in [-0.2, -0.15) is 0 Å². The van der Waals surface area contributed by atoms with Crippen molar-refractivity contribution in [2.24, 2.45) is 7.05 Å². The molecule has 0 aromatic carbocycles. The number of piperidine rings is 1. The highest BCUT2D eigenvalue weighted by Crippen LogP contribution is 2.19. The summed E-state index contributed by atoms with van der Waals surface area (Å²) >= 11 is 0. The van der Waals surface area contributed by atoms with Gasteiger partial charge in [0, 0.05) is 19.5 Å². The summed E-state index contributed by atoms with van der Waals surface area (Å²) in [4.78, 5) is 0. The molecule has 1 N–H and O–H groups in total. The van der Waals surface area contributed by atoms with Crippen LogP contribution in [0.15, 0.2) is 0 Å². The average molecular weight is 167 g/mol. The summed E-state index contributed by atoms with van der Waals surface area (Å²) in [6.45, 7) is 2.13. The smallest absolute Gasteiger partial charge is 0.155 e. The van der Waals surface area contributed by atoms with Gasteiger partial charge in [-0.25, -0.2) is 4.68 Å². The molecule has 2 heterocycles. The van der Waals surface area contributed by atoms with Gasteiger partial charge in [0.05, 0.1) is 0 Å². The van der Waals surface area contributed by atoms with Crippen LogP contribution in [-0.4, -0.2) is 33.3 Å². The molecule has 0 saturated carbocycles. The first-order valence-electron chi connectivity index (χ1n) is 4.31. The molecular weight excluding hydrogens is 154 g/mol. The topological polar surface area (TPSA) is 55.6 Å². The third-order valence-corrected chi connectivity index (χ3v) is 2.31. The monoisotopic (exact) mass is 167 g/mol.